The molecule has 1 aliphatic heterocycles. The third-order valence-corrected chi connectivity index (χ3v) is 4.65. The highest BCUT2D eigenvalue weighted by Crippen LogP contribution is 2.38. The van der Waals surface area contributed by atoms with E-state index in [-0.39, 0.29) is 0 Å². The van der Waals surface area contributed by atoms with Crippen LogP contribution in [-0.2, 0) is 4.79 Å². The molecule has 1 heterocycles. The van der Waals surface area contributed by atoms with Crippen molar-refractivity contribution in [2.75, 3.05) is 18.6 Å². The van der Waals surface area contributed by atoms with Gasteiger partial charge in [0.25, 0.3) is 0 Å². The molecule has 2 aliphatic rings. The van der Waals surface area contributed by atoms with Crippen LogP contribution in [-0.4, -0.2) is 46.1 Å². The second kappa shape index (κ2) is 3.74. The number of carbonyl (C=O) groups is 1. The van der Waals surface area contributed by atoms with Gasteiger partial charge >= 0.3 is 5.97 Å². The lowest BCUT2D eigenvalue weighted by Crippen LogP contribution is -2.57. The third kappa shape index (κ3) is 1.65. The van der Waals surface area contributed by atoms with Crippen molar-refractivity contribution in [1.29, 1.82) is 0 Å². The molecule has 2 rings (SSSR count). The van der Waals surface area contributed by atoms with Gasteiger partial charge in [-0.05, 0) is 38.5 Å². The fourth-order valence-electron chi connectivity index (χ4n) is 2.19. The van der Waals surface area contributed by atoms with E-state index in [0.717, 1.165) is 24.3 Å². The second-order valence-electron chi connectivity index (χ2n) is 4.33. The van der Waals surface area contributed by atoms with Gasteiger partial charge in [0.2, 0.25) is 0 Å². The summed E-state index contributed by atoms with van der Waals surface area (Å²) in [6.07, 6.45) is 4.21. The van der Waals surface area contributed by atoms with Gasteiger partial charge in [-0.25, -0.2) is 0 Å². The Kier molecular flexibility index (Phi) is 2.75. The van der Waals surface area contributed by atoms with Gasteiger partial charge in [0.05, 0.1) is 0 Å². The Balaban J connectivity index is 2.14. The first-order chi connectivity index (χ1) is 6.67. The summed E-state index contributed by atoms with van der Waals surface area (Å²) in [6.45, 7) is 0. The highest BCUT2D eigenvalue weighted by molar-refractivity contribution is 7.99. The van der Waals surface area contributed by atoms with Crippen LogP contribution in [0.25, 0.3) is 0 Å². The summed E-state index contributed by atoms with van der Waals surface area (Å²) in [6, 6.07) is 0.532. The predicted molar refractivity (Wildman–Crippen MR) is 57.7 cm³/mol. The van der Waals surface area contributed by atoms with Gasteiger partial charge in [-0.1, -0.05) is 0 Å². The third-order valence-electron chi connectivity index (χ3n) is 3.39. The van der Waals surface area contributed by atoms with Gasteiger partial charge in [-0.2, -0.15) is 11.8 Å². The van der Waals surface area contributed by atoms with Crippen LogP contribution < -0.4 is 0 Å². The molecular formula is C10H17NO2S. The fourth-order valence-corrected chi connectivity index (χ4v) is 3.49. The van der Waals surface area contributed by atoms with Crippen LogP contribution in [0.15, 0.2) is 0 Å². The summed E-state index contributed by atoms with van der Waals surface area (Å²) in [5.74, 6) is 1.25. The summed E-state index contributed by atoms with van der Waals surface area (Å²) in [5.41, 5.74) is -0.565. The molecule has 0 bridgehead atoms. The van der Waals surface area contributed by atoms with Gasteiger partial charge in [-0.3, -0.25) is 9.69 Å². The number of nitrogens with zero attached hydrogens (tertiary/aromatic N) is 1. The van der Waals surface area contributed by atoms with Crippen LogP contribution in [0.2, 0.25) is 0 Å². The quantitative estimate of drug-likeness (QED) is 0.773. The van der Waals surface area contributed by atoms with Gasteiger partial charge in [0.15, 0.2) is 0 Å². The van der Waals surface area contributed by atoms with Crippen LogP contribution in [0.5, 0.6) is 0 Å². The first kappa shape index (κ1) is 10.3. The van der Waals surface area contributed by atoms with Crippen molar-refractivity contribution in [2.24, 2.45) is 0 Å². The van der Waals surface area contributed by atoms with E-state index in [4.69, 9.17) is 0 Å². The number of carboxylic acid groups (broad SMARTS) is 1. The van der Waals surface area contributed by atoms with E-state index in [1.165, 1.54) is 12.8 Å². The average Bonchev–Trinajstić information content (AvgIpc) is 3.01. The van der Waals surface area contributed by atoms with E-state index in [2.05, 4.69) is 4.90 Å². The average molecular weight is 215 g/mol. The molecule has 1 saturated heterocycles. The molecule has 2 fully saturated rings. The van der Waals surface area contributed by atoms with Gasteiger partial charge in [0, 0.05) is 11.8 Å². The summed E-state index contributed by atoms with van der Waals surface area (Å²) < 4.78 is 0. The SMILES string of the molecule is CN(C1CC1)C1(C(=O)O)CCCSC1. The maximum atomic E-state index is 11.4. The standard InChI is InChI=1S/C10H17NO2S/c1-11(8-3-4-8)10(9(12)13)5-2-6-14-7-10/h8H,2-7H2,1H3,(H,12,13). The van der Waals surface area contributed by atoms with Crippen LogP contribution in [0.1, 0.15) is 25.7 Å². The molecule has 14 heavy (non-hydrogen) atoms. The lowest BCUT2D eigenvalue weighted by Gasteiger charge is -2.40. The van der Waals surface area contributed by atoms with E-state index >= 15 is 0 Å². The number of likely N-dealkylation sites (N-methyl/N-ethyl adjacent to an activating group) is 1. The Morgan fingerprint density at radius 2 is 2.29 bits per heavy atom. The summed E-state index contributed by atoms with van der Waals surface area (Å²) in [4.78, 5) is 13.5. The molecule has 1 N–H and O–H groups in total. The lowest BCUT2D eigenvalue weighted by molar-refractivity contribution is -0.150. The molecule has 0 amide bonds. The zero-order chi connectivity index (χ0) is 10.2. The molecule has 0 radical (unpaired) electrons. The minimum absolute atomic E-state index is 0.532. The van der Waals surface area contributed by atoms with Gasteiger partial charge in [-0.15, -0.1) is 0 Å². The number of aliphatic carboxylic acids is 1. The van der Waals surface area contributed by atoms with Crippen molar-refractivity contribution < 1.29 is 9.90 Å². The second-order valence-corrected chi connectivity index (χ2v) is 5.44. The van der Waals surface area contributed by atoms with Crippen molar-refractivity contribution in [3.63, 3.8) is 0 Å². The first-order valence-electron chi connectivity index (χ1n) is 5.21. The van der Waals surface area contributed by atoms with Gasteiger partial charge < -0.3 is 5.11 Å². The van der Waals surface area contributed by atoms with Crippen LogP contribution in [0.4, 0.5) is 0 Å². The molecule has 1 saturated carbocycles. The van der Waals surface area contributed by atoms with Crippen molar-refractivity contribution in [1.82, 2.24) is 4.90 Å². The smallest absolute Gasteiger partial charge is 0.324 e. The summed E-state index contributed by atoms with van der Waals surface area (Å²) in [5, 5.41) is 9.38. The van der Waals surface area contributed by atoms with E-state index < -0.39 is 11.5 Å². The number of rotatable bonds is 3. The maximum Gasteiger partial charge on any atom is 0.324 e. The summed E-state index contributed by atoms with van der Waals surface area (Å²) >= 11 is 1.78. The largest absolute Gasteiger partial charge is 0.480 e. The normalized spacial score (nSPS) is 33.3. The zero-order valence-electron chi connectivity index (χ0n) is 8.53. The lowest BCUT2D eigenvalue weighted by atomic mass is 9.93. The molecular weight excluding hydrogens is 198 g/mol. The molecule has 80 valence electrons. The van der Waals surface area contributed by atoms with E-state index in [0.29, 0.717) is 6.04 Å². The van der Waals surface area contributed by atoms with Gasteiger partial charge in [0.1, 0.15) is 5.54 Å². The molecule has 0 aromatic heterocycles. The Bertz CT molecular complexity index is 234. The van der Waals surface area contributed by atoms with E-state index in [9.17, 15) is 9.90 Å². The Morgan fingerprint density at radius 1 is 1.57 bits per heavy atom. The predicted octanol–water partition coefficient (Wildman–Crippen LogP) is 1.43. The van der Waals surface area contributed by atoms with Crippen molar-refractivity contribution in [3.8, 4) is 0 Å². The minimum atomic E-state index is -0.626. The topological polar surface area (TPSA) is 40.5 Å². The Hall–Kier alpha value is -0.220. The van der Waals surface area contributed by atoms with Crippen molar-refractivity contribution >= 4 is 17.7 Å². The highest BCUT2D eigenvalue weighted by Gasteiger charge is 2.48. The molecule has 4 heteroatoms. The number of thioether (sulfide) groups is 1. The molecule has 0 aromatic carbocycles. The fraction of sp³-hybridized carbons (Fsp3) is 0.900. The Labute approximate surface area is 88.9 Å². The van der Waals surface area contributed by atoms with Crippen LogP contribution >= 0.6 is 11.8 Å². The number of hydrogen-bond donors (Lipinski definition) is 1. The minimum Gasteiger partial charge on any atom is -0.480 e. The number of carboxylic acids is 1. The van der Waals surface area contributed by atoms with Crippen LogP contribution in [0, 0.1) is 0 Å². The van der Waals surface area contributed by atoms with Crippen molar-refractivity contribution in [2.45, 2.75) is 37.3 Å². The maximum absolute atomic E-state index is 11.4. The molecule has 1 atom stereocenters. The molecule has 1 unspecified atom stereocenters. The molecule has 0 spiro atoms. The molecule has 3 nitrogen and oxygen atoms in total. The molecule has 1 aliphatic carbocycles. The van der Waals surface area contributed by atoms with E-state index in [1.807, 2.05) is 7.05 Å². The summed E-state index contributed by atoms with van der Waals surface area (Å²) in [7, 11) is 1.98. The van der Waals surface area contributed by atoms with Crippen LogP contribution in [0.3, 0.4) is 0 Å². The first-order valence-corrected chi connectivity index (χ1v) is 6.36. The zero-order valence-corrected chi connectivity index (χ0v) is 9.35. The Morgan fingerprint density at radius 3 is 2.71 bits per heavy atom. The van der Waals surface area contributed by atoms with Crippen molar-refractivity contribution in [3.05, 3.63) is 0 Å². The molecule has 0 aromatic rings. The monoisotopic (exact) mass is 215 g/mol. The highest BCUT2D eigenvalue weighted by atomic mass is 32.2. The number of hydrogen-bond acceptors (Lipinski definition) is 3. The van der Waals surface area contributed by atoms with E-state index in [1.54, 1.807) is 11.8 Å².